The molecular formula is C16H13Cl2N3O5. The van der Waals surface area contributed by atoms with Crippen LogP contribution < -0.4 is 0 Å². The Bertz CT molecular complexity index is 793. The quantitative estimate of drug-likeness (QED) is 0.531. The SMILES string of the molecule is CN(CCC#N)C(=O)COC(=O)CN1C(=O)c2cc(Cl)c(Cl)cc2C1=O. The molecule has 0 N–H and O–H groups in total. The molecule has 0 atom stereocenters. The molecule has 1 aliphatic rings. The Balaban J connectivity index is 1.96. The fraction of sp³-hybridized carbons (Fsp3) is 0.312. The summed E-state index contributed by atoms with van der Waals surface area (Å²) >= 11 is 11.7. The number of ether oxygens (including phenoxy) is 1. The van der Waals surface area contributed by atoms with Crippen LogP contribution in [0, 0.1) is 11.3 Å². The van der Waals surface area contributed by atoms with Gasteiger partial charge < -0.3 is 9.64 Å². The molecule has 136 valence electrons. The Morgan fingerprint density at radius 3 is 2.23 bits per heavy atom. The first-order valence-corrected chi connectivity index (χ1v) is 8.13. The Morgan fingerprint density at radius 2 is 1.73 bits per heavy atom. The molecule has 1 aromatic rings. The highest BCUT2D eigenvalue weighted by Crippen LogP contribution is 2.31. The number of fused-ring (bicyclic) bond motifs is 1. The van der Waals surface area contributed by atoms with E-state index in [1.54, 1.807) is 0 Å². The summed E-state index contributed by atoms with van der Waals surface area (Å²) in [4.78, 5) is 50.1. The summed E-state index contributed by atoms with van der Waals surface area (Å²) in [5, 5.41) is 8.70. The summed E-state index contributed by atoms with van der Waals surface area (Å²) in [7, 11) is 1.46. The monoisotopic (exact) mass is 397 g/mol. The number of esters is 1. The van der Waals surface area contributed by atoms with Crippen LogP contribution in [0.25, 0.3) is 0 Å². The number of carbonyl (C=O) groups excluding carboxylic acids is 4. The van der Waals surface area contributed by atoms with Crippen molar-refractivity contribution < 1.29 is 23.9 Å². The Hall–Kier alpha value is -2.63. The van der Waals surface area contributed by atoms with Crippen LogP contribution in [0.5, 0.6) is 0 Å². The van der Waals surface area contributed by atoms with Gasteiger partial charge >= 0.3 is 5.97 Å². The van der Waals surface area contributed by atoms with E-state index in [4.69, 9.17) is 33.2 Å². The van der Waals surface area contributed by atoms with Gasteiger partial charge in [-0.2, -0.15) is 5.26 Å². The van der Waals surface area contributed by atoms with E-state index in [2.05, 4.69) is 0 Å². The zero-order valence-corrected chi connectivity index (χ0v) is 15.1. The molecule has 0 bridgehead atoms. The van der Waals surface area contributed by atoms with Gasteiger partial charge in [-0.15, -0.1) is 0 Å². The standard InChI is InChI=1S/C16H13Cl2N3O5/c1-20(4-2-3-19)13(22)8-26-14(23)7-21-15(24)9-5-11(17)12(18)6-10(9)16(21)25/h5-6H,2,4,7-8H2,1H3. The second kappa shape index (κ2) is 8.17. The van der Waals surface area contributed by atoms with Crippen molar-refractivity contribution in [3.05, 3.63) is 33.3 Å². The number of rotatable bonds is 6. The minimum absolute atomic E-state index is 0.0458. The number of hydrogen-bond donors (Lipinski definition) is 0. The number of likely N-dealkylation sites (N-methyl/N-ethyl adjacent to an activating group) is 1. The first kappa shape index (κ1) is 19.7. The molecule has 0 aromatic heterocycles. The van der Waals surface area contributed by atoms with Gasteiger partial charge in [0.1, 0.15) is 6.54 Å². The lowest BCUT2D eigenvalue weighted by molar-refractivity contribution is -0.151. The second-order valence-corrected chi connectivity index (χ2v) is 6.21. The van der Waals surface area contributed by atoms with Crippen molar-refractivity contribution in [2.24, 2.45) is 0 Å². The van der Waals surface area contributed by atoms with Crippen molar-refractivity contribution in [3.8, 4) is 6.07 Å². The average Bonchev–Trinajstić information content (AvgIpc) is 2.82. The van der Waals surface area contributed by atoms with E-state index in [1.165, 1.54) is 24.1 Å². The number of nitrogens with zero attached hydrogens (tertiary/aromatic N) is 3. The minimum Gasteiger partial charge on any atom is -0.454 e. The van der Waals surface area contributed by atoms with Crippen molar-refractivity contribution in [2.45, 2.75) is 6.42 Å². The number of nitriles is 1. The second-order valence-electron chi connectivity index (χ2n) is 5.39. The molecule has 0 saturated carbocycles. The summed E-state index contributed by atoms with van der Waals surface area (Å²) in [6.07, 6.45) is 0.149. The summed E-state index contributed by atoms with van der Waals surface area (Å²) in [6.45, 7) is -0.995. The fourth-order valence-corrected chi connectivity index (χ4v) is 2.52. The summed E-state index contributed by atoms with van der Waals surface area (Å²) in [5.74, 6) is -2.82. The molecule has 0 radical (unpaired) electrons. The molecule has 0 aliphatic carbocycles. The van der Waals surface area contributed by atoms with E-state index in [1.807, 2.05) is 6.07 Å². The predicted molar refractivity (Wildman–Crippen MR) is 90.7 cm³/mol. The molecule has 10 heteroatoms. The molecule has 0 unspecified atom stereocenters. The largest absolute Gasteiger partial charge is 0.454 e. The lowest BCUT2D eigenvalue weighted by Crippen LogP contribution is -2.37. The van der Waals surface area contributed by atoms with E-state index < -0.39 is 36.8 Å². The van der Waals surface area contributed by atoms with E-state index >= 15 is 0 Å². The zero-order valence-electron chi connectivity index (χ0n) is 13.6. The molecule has 1 aromatic carbocycles. The maximum Gasteiger partial charge on any atom is 0.326 e. The smallest absolute Gasteiger partial charge is 0.326 e. The van der Waals surface area contributed by atoms with E-state index in [-0.39, 0.29) is 34.1 Å². The van der Waals surface area contributed by atoms with Gasteiger partial charge in [0.2, 0.25) is 0 Å². The van der Waals surface area contributed by atoms with Gasteiger partial charge in [0, 0.05) is 13.6 Å². The van der Waals surface area contributed by atoms with Crippen molar-refractivity contribution in [1.29, 1.82) is 5.26 Å². The molecule has 26 heavy (non-hydrogen) atoms. The first-order chi connectivity index (χ1) is 12.3. The molecule has 3 amide bonds. The van der Waals surface area contributed by atoms with Gasteiger partial charge in [0.05, 0.1) is 33.7 Å². The van der Waals surface area contributed by atoms with Crippen LogP contribution in [0.3, 0.4) is 0 Å². The van der Waals surface area contributed by atoms with Crippen LogP contribution in [0.4, 0.5) is 0 Å². The van der Waals surface area contributed by atoms with Crippen LogP contribution in [0.1, 0.15) is 27.1 Å². The number of benzene rings is 1. The number of hydrogen-bond acceptors (Lipinski definition) is 6. The minimum atomic E-state index is -0.918. The number of carbonyl (C=O) groups is 4. The molecule has 0 saturated heterocycles. The normalized spacial score (nSPS) is 12.6. The Labute approximate surface area is 158 Å². The highest BCUT2D eigenvalue weighted by atomic mass is 35.5. The molecule has 0 spiro atoms. The highest BCUT2D eigenvalue weighted by molar-refractivity contribution is 6.43. The van der Waals surface area contributed by atoms with Crippen molar-refractivity contribution >= 4 is 46.9 Å². The van der Waals surface area contributed by atoms with E-state index in [9.17, 15) is 19.2 Å². The molecule has 0 fully saturated rings. The van der Waals surface area contributed by atoms with Crippen molar-refractivity contribution in [2.75, 3.05) is 26.7 Å². The first-order valence-electron chi connectivity index (χ1n) is 7.38. The van der Waals surface area contributed by atoms with E-state index in [0.717, 1.165) is 0 Å². The molecule has 1 heterocycles. The zero-order chi connectivity index (χ0) is 19.4. The lowest BCUT2D eigenvalue weighted by Gasteiger charge is -2.16. The average molecular weight is 398 g/mol. The van der Waals surface area contributed by atoms with Gasteiger partial charge in [-0.1, -0.05) is 23.2 Å². The number of amides is 3. The van der Waals surface area contributed by atoms with Crippen LogP contribution in [-0.2, 0) is 14.3 Å². The molecule has 2 rings (SSSR count). The van der Waals surface area contributed by atoms with Crippen LogP contribution in [0.2, 0.25) is 10.0 Å². The topological polar surface area (TPSA) is 108 Å². The third-order valence-corrected chi connectivity index (χ3v) is 4.36. The third kappa shape index (κ3) is 4.12. The summed E-state index contributed by atoms with van der Waals surface area (Å²) in [6, 6.07) is 4.42. The van der Waals surface area contributed by atoms with Crippen molar-refractivity contribution in [1.82, 2.24) is 9.80 Å². The molecular weight excluding hydrogens is 385 g/mol. The molecule has 8 nitrogen and oxygen atoms in total. The van der Waals surface area contributed by atoms with Crippen LogP contribution in [0.15, 0.2) is 12.1 Å². The van der Waals surface area contributed by atoms with Gasteiger partial charge in [-0.3, -0.25) is 24.1 Å². The Kier molecular flexibility index (Phi) is 6.18. The van der Waals surface area contributed by atoms with Gasteiger partial charge in [0.25, 0.3) is 17.7 Å². The highest BCUT2D eigenvalue weighted by Gasteiger charge is 2.37. The summed E-state index contributed by atoms with van der Waals surface area (Å²) in [5.41, 5.74) is 0.0917. The molecule has 1 aliphatic heterocycles. The van der Waals surface area contributed by atoms with Crippen molar-refractivity contribution in [3.63, 3.8) is 0 Å². The van der Waals surface area contributed by atoms with Gasteiger partial charge in [-0.25, -0.2) is 0 Å². The van der Waals surface area contributed by atoms with Gasteiger partial charge in [-0.05, 0) is 12.1 Å². The summed E-state index contributed by atoms with van der Waals surface area (Å²) < 4.78 is 4.80. The van der Waals surface area contributed by atoms with Gasteiger partial charge in [0.15, 0.2) is 6.61 Å². The Morgan fingerprint density at radius 1 is 1.19 bits per heavy atom. The third-order valence-electron chi connectivity index (χ3n) is 3.64. The van der Waals surface area contributed by atoms with Crippen LogP contribution >= 0.6 is 23.2 Å². The maximum atomic E-state index is 12.3. The predicted octanol–water partition coefficient (Wildman–Crippen LogP) is 1.50. The van der Waals surface area contributed by atoms with Crippen LogP contribution in [-0.4, -0.2) is 60.2 Å². The number of imide groups is 1. The lowest BCUT2D eigenvalue weighted by atomic mass is 10.1. The van der Waals surface area contributed by atoms with E-state index in [0.29, 0.717) is 4.90 Å². The maximum absolute atomic E-state index is 12.3. The fourth-order valence-electron chi connectivity index (χ4n) is 2.20. The number of halogens is 2.